The van der Waals surface area contributed by atoms with E-state index in [0.29, 0.717) is 26.3 Å². The fraction of sp³-hybridized carbons (Fsp3) is 0. The van der Waals surface area contributed by atoms with Crippen molar-refractivity contribution in [1.29, 1.82) is 0 Å². The van der Waals surface area contributed by atoms with Crippen molar-refractivity contribution in [3.05, 3.63) is 51.1 Å². The summed E-state index contributed by atoms with van der Waals surface area (Å²) < 4.78 is 0. The van der Waals surface area contributed by atoms with Gasteiger partial charge in [0.25, 0.3) is 0 Å². The quantitative estimate of drug-likeness (QED) is 0.894. The van der Waals surface area contributed by atoms with Crippen molar-refractivity contribution in [2.24, 2.45) is 0 Å². The maximum atomic E-state index is 10.9. The third kappa shape index (κ3) is 2.58. The lowest BCUT2D eigenvalue weighted by atomic mass is 10.1. The van der Waals surface area contributed by atoms with Gasteiger partial charge in [-0.05, 0) is 24.3 Å². The molecule has 0 atom stereocenters. The van der Waals surface area contributed by atoms with Crippen LogP contribution in [0.25, 0.3) is 11.3 Å². The van der Waals surface area contributed by atoms with Gasteiger partial charge in [-0.25, -0.2) is 9.78 Å². The zero-order valence-corrected chi connectivity index (χ0v) is 11.1. The molecule has 0 fully saturated rings. The maximum Gasteiger partial charge on any atom is 0.354 e. The normalized spacial score (nSPS) is 10.4. The maximum absolute atomic E-state index is 10.9. The van der Waals surface area contributed by atoms with Crippen LogP contribution in [0.15, 0.2) is 30.3 Å². The highest BCUT2D eigenvalue weighted by atomic mass is 35.5. The van der Waals surface area contributed by atoms with E-state index in [1.54, 1.807) is 18.2 Å². The Balaban J connectivity index is 2.58. The fourth-order valence-electron chi connectivity index (χ4n) is 1.41. The summed E-state index contributed by atoms with van der Waals surface area (Å²) in [7, 11) is 0. The highest BCUT2D eigenvalue weighted by Gasteiger charge is 2.12. The molecule has 0 radical (unpaired) electrons. The largest absolute Gasteiger partial charge is 0.477 e. The molecule has 1 aromatic carbocycles. The molecule has 0 aliphatic rings. The van der Waals surface area contributed by atoms with E-state index < -0.39 is 5.97 Å². The Morgan fingerprint density at radius 1 is 1.00 bits per heavy atom. The number of carboxylic acid groups (broad SMARTS) is 1. The van der Waals surface area contributed by atoms with Crippen LogP contribution in [-0.4, -0.2) is 16.1 Å². The Morgan fingerprint density at radius 2 is 1.67 bits per heavy atom. The van der Waals surface area contributed by atoms with Crippen LogP contribution in [0.3, 0.4) is 0 Å². The fourth-order valence-corrected chi connectivity index (χ4v) is 1.92. The molecular weight excluding hydrogens is 296 g/mol. The summed E-state index contributed by atoms with van der Waals surface area (Å²) in [5, 5.41) is 10.0. The molecule has 0 bridgehead atoms. The number of nitrogens with zero attached hydrogens (tertiary/aromatic N) is 1. The summed E-state index contributed by atoms with van der Waals surface area (Å²) in [5.41, 5.74) is 0.883. The first-order chi connectivity index (χ1) is 8.49. The van der Waals surface area contributed by atoms with Crippen LogP contribution in [0.4, 0.5) is 0 Å². The van der Waals surface area contributed by atoms with E-state index >= 15 is 0 Å². The minimum Gasteiger partial charge on any atom is -0.477 e. The lowest BCUT2D eigenvalue weighted by molar-refractivity contribution is 0.0690. The molecule has 1 heterocycles. The number of aromatic nitrogens is 1. The average Bonchev–Trinajstić information content (AvgIpc) is 2.33. The minimum absolute atomic E-state index is 0.0829. The van der Waals surface area contributed by atoms with Gasteiger partial charge in [0.2, 0.25) is 0 Å². The Hall–Kier alpha value is -1.29. The van der Waals surface area contributed by atoms with Crippen LogP contribution in [0.5, 0.6) is 0 Å². The molecule has 1 N–H and O–H groups in total. The van der Waals surface area contributed by atoms with Crippen molar-refractivity contribution in [2.75, 3.05) is 0 Å². The van der Waals surface area contributed by atoms with E-state index in [0.717, 1.165) is 0 Å². The molecule has 92 valence electrons. The molecule has 0 saturated heterocycles. The number of hydrogen-bond acceptors (Lipinski definition) is 2. The zero-order chi connectivity index (χ0) is 13.3. The van der Waals surface area contributed by atoms with Crippen LogP contribution in [-0.2, 0) is 0 Å². The van der Waals surface area contributed by atoms with Crippen LogP contribution >= 0.6 is 34.8 Å². The van der Waals surface area contributed by atoms with Gasteiger partial charge in [-0.15, -0.1) is 0 Å². The highest BCUT2D eigenvalue weighted by Crippen LogP contribution is 2.31. The second kappa shape index (κ2) is 5.14. The molecule has 0 spiro atoms. The summed E-state index contributed by atoms with van der Waals surface area (Å²) in [6.45, 7) is 0. The molecule has 2 rings (SSSR count). The molecular formula is C12H6Cl3NO2. The van der Waals surface area contributed by atoms with Crippen molar-refractivity contribution in [3.63, 3.8) is 0 Å². The van der Waals surface area contributed by atoms with Gasteiger partial charge in [0.15, 0.2) is 0 Å². The van der Waals surface area contributed by atoms with Crippen molar-refractivity contribution < 1.29 is 9.90 Å². The Morgan fingerprint density at radius 3 is 2.28 bits per heavy atom. The number of aromatic carboxylic acids is 1. The Bertz CT molecular complexity index is 629. The Labute approximate surface area is 118 Å². The first kappa shape index (κ1) is 13.1. The predicted octanol–water partition coefficient (Wildman–Crippen LogP) is 4.41. The van der Waals surface area contributed by atoms with E-state index in [9.17, 15) is 4.79 Å². The number of hydrogen-bond donors (Lipinski definition) is 1. The lowest BCUT2D eigenvalue weighted by Crippen LogP contribution is -2.01. The number of benzene rings is 1. The molecule has 2 aromatic rings. The number of carboxylic acids is 1. The smallest absolute Gasteiger partial charge is 0.354 e. The molecule has 0 unspecified atom stereocenters. The van der Waals surface area contributed by atoms with E-state index in [4.69, 9.17) is 39.9 Å². The number of rotatable bonds is 2. The van der Waals surface area contributed by atoms with Crippen LogP contribution in [0.1, 0.15) is 10.5 Å². The zero-order valence-electron chi connectivity index (χ0n) is 8.82. The summed E-state index contributed by atoms with van der Waals surface area (Å²) in [5.74, 6) is -1.12. The average molecular weight is 303 g/mol. The third-order valence-corrected chi connectivity index (χ3v) is 3.30. The van der Waals surface area contributed by atoms with Crippen LogP contribution in [0, 0.1) is 0 Å². The Kier molecular flexibility index (Phi) is 3.76. The van der Waals surface area contributed by atoms with Gasteiger partial charge in [0.1, 0.15) is 5.69 Å². The van der Waals surface area contributed by atoms with Gasteiger partial charge in [0, 0.05) is 5.56 Å². The van der Waals surface area contributed by atoms with Crippen molar-refractivity contribution >= 4 is 40.8 Å². The van der Waals surface area contributed by atoms with Crippen molar-refractivity contribution in [3.8, 4) is 11.3 Å². The van der Waals surface area contributed by atoms with Gasteiger partial charge >= 0.3 is 5.97 Å². The number of carbonyl (C=O) groups is 1. The first-order valence-corrected chi connectivity index (χ1v) is 5.97. The van der Waals surface area contributed by atoms with E-state index in [1.165, 1.54) is 12.1 Å². The minimum atomic E-state index is -1.12. The number of pyridine rings is 1. The topological polar surface area (TPSA) is 50.2 Å². The summed E-state index contributed by atoms with van der Waals surface area (Å²) in [4.78, 5) is 14.8. The molecule has 0 aliphatic heterocycles. The SMILES string of the molecule is O=C(O)c1ccc(Cl)c(-c2ccc(Cl)c(Cl)c2)n1. The summed E-state index contributed by atoms with van der Waals surface area (Å²) >= 11 is 17.7. The lowest BCUT2D eigenvalue weighted by Gasteiger charge is -2.06. The third-order valence-electron chi connectivity index (χ3n) is 2.26. The molecule has 3 nitrogen and oxygen atoms in total. The molecule has 0 aliphatic carbocycles. The van der Waals surface area contributed by atoms with Crippen molar-refractivity contribution in [1.82, 2.24) is 4.98 Å². The number of halogens is 3. The van der Waals surface area contributed by atoms with Crippen LogP contribution in [0.2, 0.25) is 15.1 Å². The molecule has 18 heavy (non-hydrogen) atoms. The molecule has 6 heteroatoms. The first-order valence-electron chi connectivity index (χ1n) is 4.84. The van der Waals surface area contributed by atoms with Gasteiger partial charge < -0.3 is 5.11 Å². The monoisotopic (exact) mass is 301 g/mol. The van der Waals surface area contributed by atoms with Gasteiger partial charge in [-0.2, -0.15) is 0 Å². The van der Waals surface area contributed by atoms with E-state index in [2.05, 4.69) is 4.98 Å². The second-order valence-corrected chi connectivity index (χ2v) is 4.68. The molecule has 1 aromatic heterocycles. The van der Waals surface area contributed by atoms with Crippen LogP contribution < -0.4 is 0 Å². The highest BCUT2D eigenvalue weighted by molar-refractivity contribution is 6.42. The summed E-state index contributed by atoms with van der Waals surface area (Å²) in [6, 6.07) is 7.68. The molecule has 0 amide bonds. The van der Waals surface area contributed by atoms with E-state index in [1.807, 2.05) is 0 Å². The van der Waals surface area contributed by atoms with Crippen molar-refractivity contribution in [2.45, 2.75) is 0 Å². The van der Waals surface area contributed by atoms with Gasteiger partial charge in [-0.1, -0.05) is 40.9 Å². The molecule has 0 saturated carbocycles. The van der Waals surface area contributed by atoms with E-state index in [-0.39, 0.29) is 5.69 Å². The van der Waals surface area contributed by atoms with Gasteiger partial charge in [0.05, 0.1) is 20.8 Å². The standard InChI is InChI=1S/C12H6Cl3NO2/c13-7-2-1-6(5-9(7)15)11-8(14)3-4-10(16-11)12(17)18/h1-5H,(H,17,18). The summed E-state index contributed by atoms with van der Waals surface area (Å²) in [6.07, 6.45) is 0. The predicted molar refractivity (Wildman–Crippen MR) is 71.7 cm³/mol. The van der Waals surface area contributed by atoms with Gasteiger partial charge in [-0.3, -0.25) is 0 Å². The second-order valence-electron chi connectivity index (χ2n) is 3.46.